The van der Waals surface area contributed by atoms with Crippen molar-refractivity contribution in [3.05, 3.63) is 39.9 Å². The molecule has 0 bridgehead atoms. The maximum absolute atomic E-state index is 13.7. The Morgan fingerprint density at radius 3 is 2.95 bits per heavy atom. The SMILES string of the molecule is CC1COc2c(F)ccc3c(=O)c(C(=O)O)cn1c23. The van der Waals surface area contributed by atoms with Crippen LogP contribution in [-0.2, 0) is 0 Å². The van der Waals surface area contributed by atoms with E-state index >= 15 is 0 Å². The van der Waals surface area contributed by atoms with Crippen molar-refractivity contribution >= 4 is 16.9 Å². The van der Waals surface area contributed by atoms with Gasteiger partial charge in [0.25, 0.3) is 0 Å². The van der Waals surface area contributed by atoms with E-state index in [2.05, 4.69) is 0 Å². The van der Waals surface area contributed by atoms with E-state index in [1.54, 1.807) is 4.57 Å². The summed E-state index contributed by atoms with van der Waals surface area (Å²) >= 11 is 0. The number of hydrogen-bond acceptors (Lipinski definition) is 3. The van der Waals surface area contributed by atoms with Crippen LogP contribution in [-0.4, -0.2) is 22.2 Å². The standard InChI is InChI=1S/C13H10FNO4/c1-6-5-19-12-9(14)3-2-7-10(12)15(6)4-8(11(7)16)13(17)18/h2-4,6H,5H2,1H3,(H,17,18). The van der Waals surface area contributed by atoms with Gasteiger partial charge in [-0.05, 0) is 19.1 Å². The zero-order chi connectivity index (χ0) is 13.7. The van der Waals surface area contributed by atoms with Crippen LogP contribution in [0.1, 0.15) is 23.3 Å². The second-order valence-electron chi connectivity index (χ2n) is 4.52. The van der Waals surface area contributed by atoms with Crippen LogP contribution in [0.5, 0.6) is 5.75 Å². The predicted molar refractivity (Wildman–Crippen MR) is 65.3 cm³/mol. The van der Waals surface area contributed by atoms with Gasteiger partial charge in [0.05, 0.1) is 16.9 Å². The van der Waals surface area contributed by atoms with Crippen LogP contribution >= 0.6 is 0 Å². The van der Waals surface area contributed by atoms with Crippen molar-refractivity contribution in [1.82, 2.24) is 4.57 Å². The largest absolute Gasteiger partial charge is 0.486 e. The first-order chi connectivity index (χ1) is 9.00. The number of aromatic carboxylic acids is 1. The zero-order valence-corrected chi connectivity index (χ0v) is 10.0. The third kappa shape index (κ3) is 1.53. The molecule has 2 aromatic rings. The quantitative estimate of drug-likeness (QED) is 0.851. The number of halogens is 1. The molecule has 0 saturated heterocycles. The molecule has 5 nitrogen and oxygen atoms in total. The van der Waals surface area contributed by atoms with Crippen molar-refractivity contribution < 1.29 is 19.0 Å². The molecule has 1 atom stereocenters. The molecule has 1 aliphatic heterocycles. The van der Waals surface area contributed by atoms with Crippen molar-refractivity contribution in [3.63, 3.8) is 0 Å². The molecule has 98 valence electrons. The number of carboxylic acids is 1. The third-order valence-electron chi connectivity index (χ3n) is 3.27. The van der Waals surface area contributed by atoms with Crippen LogP contribution in [0.3, 0.4) is 0 Å². The summed E-state index contributed by atoms with van der Waals surface area (Å²) in [5.41, 5.74) is -0.634. The summed E-state index contributed by atoms with van der Waals surface area (Å²) in [5, 5.41) is 9.21. The Morgan fingerprint density at radius 2 is 2.26 bits per heavy atom. The highest BCUT2D eigenvalue weighted by Crippen LogP contribution is 2.33. The minimum Gasteiger partial charge on any atom is -0.486 e. The fourth-order valence-electron chi connectivity index (χ4n) is 2.31. The summed E-state index contributed by atoms with van der Waals surface area (Å²) in [5.74, 6) is -1.85. The summed E-state index contributed by atoms with van der Waals surface area (Å²) in [7, 11) is 0. The molecule has 6 heteroatoms. The average Bonchev–Trinajstić information content (AvgIpc) is 2.37. The lowest BCUT2D eigenvalue weighted by Crippen LogP contribution is -2.26. The number of hydrogen-bond donors (Lipinski definition) is 1. The van der Waals surface area contributed by atoms with Crippen LogP contribution in [0.15, 0.2) is 23.1 Å². The Bertz CT molecular complexity index is 765. The second kappa shape index (κ2) is 3.81. The summed E-state index contributed by atoms with van der Waals surface area (Å²) in [4.78, 5) is 23.2. The number of rotatable bonds is 1. The van der Waals surface area contributed by atoms with Gasteiger partial charge in [0.15, 0.2) is 11.6 Å². The number of carbonyl (C=O) groups is 1. The van der Waals surface area contributed by atoms with Gasteiger partial charge in [0.1, 0.15) is 12.2 Å². The molecule has 1 aromatic carbocycles. The van der Waals surface area contributed by atoms with Gasteiger partial charge in [-0.15, -0.1) is 0 Å². The Balaban J connectivity index is 2.54. The smallest absolute Gasteiger partial charge is 0.341 e. The van der Waals surface area contributed by atoms with Crippen molar-refractivity contribution in [1.29, 1.82) is 0 Å². The maximum Gasteiger partial charge on any atom is 0.341 e. The first-order valence-electron chi connectivity index (χ1n) is 5.74. The van der Waals surface area contributed by atoms with Crippen molar-refractivity contribution in [3.8, 4) is 5.75 Å². The van der Waals surface area contributed by atoms with E-state index in [0.29, 0.717) is 5.52 Å². The zero-order valence-electron chi connectivity index (χ0n) is 10.0. The van der Waals surface area contributed by atoms with Gasteiger partial charge in [-0.2, -0.15) is 0 Å². The monoisotopic (exact) mass is 263 g/mol. The maximum atomic E-state index is 13.7. The lowest BCUT2D eigenvalue weighted by molar-refractivity contribution is 0.0694. The minimum atomic E-state index is -1.29. The third-order valence-corrected chi connectivity index (χ3v) is 3.27. The Labute approximate surface area is 106 Å². The molecule has 1 N–H and O–H groups in total. The molecule has 0 spiro atoms. The average molecular weight is 263 g/mol. The fourth-order valence-corrected chi connectivity index (χ4v) is 2.31. The topological polar surface area (TPSA) is 68.5 Å². The van der Waals surface area contributed by atoms with E-state index in [0.717, 1.165) is 6.07 Å². The van der Waals surface area contributed by atoms with Crippen LogP contribution in [0.2, 0.25) is 0 Å². The van der Waals surface area contributed by atoms with Crippen molar-refractivity contribution in [2.45, 2.75) is 13.0 Å². The number of aromatic nitrogens is 1. The van der Waals surface area contributed by atoms with Crippen LogP contribution in [0, 0.1) is 5.82 Å². The van der Waals surface area contributed by atoms with Crippen LogP contribution in [0.25, 0.3) is 10.9 Å². The summed E-state index contributed by atoms with van der Waals surface area (Å²) in [6.07, 6.45) is 1.25. The van der Waals surface area contributed by atoms with Gasteiger partial charge in [-0.25, -0.2) is 9.18 Å². The van der Waals surface area contributed by atoms with E-state index in [1.807, 2.05) is 6.92 Å². The number of pyridine rings is 1. The lowest BCUT2D eigenvalue weighted by atomic mass is 10.1. The number of carboxylic acid groups (broad SMARTS) is 1. The summed E-state index contributed by atoms with van der Waals surface area (Å²) in [6.45, 7) is 2.04. The van der Waals surface area contributed by atoms with E-state index in [-0.39, 0.29) is 29.3 Å². The molecular weight excluding hydrogens is 253 g/mol. The molecule has 0 aliphatic carbocycles. The minimum absolute atomic E-state index is 0.00430. The molecule has 1 aromatic heterocycles. The molecule has 0 saturated carbocycles. The highest BCUT2D eigenvalue weighted by Gasteiger charge is 2.25. The molecule has 0 amide bonds. The predicted octanol–water partition coefficient (Wildman–Crippen LogP) is 1.79. The molecule has 0 fully saturated rings. The fraction of sp³-hybridized carbons (Fsp3) is 0.231. The van der Waals surface area contributed by atoms with Crippen LogP contribution in [0.4, 0.5) is 4.39 Å². The second-order valence-corrected chi connectivity index (χ2v) is 4.52. The van der Waals surface area contributed by atoms with E-state index in [9.17, 15) is 14.0 Å². The van der Waals surface area contributed by atoms with E-state index in [1.165, 1.54) is 12.3 Å². The molecule has 1 unspecified atom stereocenters. The van der Waals surface area contributed by atoms with E-state index in [4.69, 9.17) is 9.84 Å². The Morgan fingerprint density at radius 1 is 1.53 bits per heavy atom. The molecule has 3 rings (SSSR count). The summed E-state index contributed by atoms with van der Waals surface area (Å²) in [6, 6.07) is 2.24. The summed E-state index contributed by atoms with van der Waals surface area (Å²) < 4.78 is 20.6. The normalized spacial score (nSPS) is 17.3. The first kappa shape index (κ1) is 11.7. The number of benzene rings is 1. The van der Waals surface area contributed by atoms with Gasteiger partial charge >= 0.3 is 5.97 Å². The van der Waals surface area contributed by atoms with Crippen LogP contribution < -0.4 is 10.2 Å². The van der Waals surface area contributed by atoms with Gasteiger partial charge < -0.3 is 14.4 Å². The molecule has 19 heavy (non-hydrogen) atoms. The molecule has 0 radical (unpaired) electrons. The van der Waals surface area contributed by atoms with Crippen molar-refractivity contribution in [2.75, 3.05) is 6.61 Å². The van der Waals surface area contributed by atoms with Crippen molar-refractivity contribution in [2.24, 2.45) is 0 Å². The molecule has 2 heterocycles. The van der Waals surface area contributed by atoms with Gasteiger partial charge in [-0.3, -0.25) is 4.79 Å². The highest BCUT2D eigenvalue weighted by molar-refractivity contribution is 5.94. The lowest BCUT2D eigenvalue weighted by Gasteiger charge is -2.26. The van der Waals surface area contributed by atoms with E-state index < -0.39 is 17.2 Å². The van der Waals surface area contributed by atoms with Gasteiger partial charge in [-0.1, -0.05) is 0 Å². The number of nitrogens with zero attached hydrogens (tertiary/aromatic N) is 1. The highest BCUT2D eigenvalue weighted by atomic mass is 19.1. The Kier molecular flexibility index (Phi) is 2.35. The molecular formula is C13H10FNO4. The Hall–Kier alpha value is -2.37. The molecule has 1 aliphatic rings. The van der Waals surface area contributed by atoms with Gasteiger partial charge in [0, 0.05) is 6.20 Å². The first-order valence-corrected chi connectivity index (χ1v) is 5.74. The van der Waals surface area contributed by atoms with Gasteiger partial charge in [0.2, 0.25) is 5.43 Å². The number of ether oxygens (including phenoxy) is 1.